The molecule has 1 saturated carbocycles. The molecule has 3 N–H and O–H groups in total. The molecule has 1 atom stereocenters. The van der Waals surface area contributed by atoms with Gasteiger partial charge in [0.2, 0.25) is 0 Å². The van der Waals surface area contributed by atoms with Gasteiger partial charge in [-0.05, 0) is 25.7 Å². The van der Waals surface area contributed by atoms with E-state index in [0.717, 1.165) is 12.8 Å². The zero-order valence-corrected chi connectivity index (χ0v) is 5.17. The monoisotopic (exact) mass is 115 g/mol. The second kappa shape index (κ2) is 2.03. The third kappa shape index (κ3) is 1.01. The normalized spacial score (nSPS) is 40.9. The molecule has 1 fully saturated rings. The van der Waals surface area contributed by atoms with Crippen molar-refractivity contribution in [1.29, 1.82) is 0 Å². The first-order valence-electron chi connectivity index (χ1n) is 3.14. The van der Waals surface area contributed by atoms with Crippen LogP contribution in [0.1, 0.15) is 19.8 Å². The van der Waals surface area contributed by atoms with Gasteiger partial charge in [-0.2, -0.15) is 0 Å². The van der Waals surface area contributed by atoms with E-state index in [4.69, 9.17) is 10.8 Å². The van der Waals surface area contributed by atoms with E-state index < -0.39 is 0 Å². The maximum absolute atomic E-state index is 8.81. The Kier molecular flexibility index (Phi) is 1.54. The van der Waals surface area contributed by atoms with Gasteiger partial charge >= 0.3 is 0 Å². The molecule has 0 bridgehead atoms. The molecule has 0 spiro atoms. The Hall–Kier alpha value is -0.0800. The van der Waals surface area contributed by atoms with E-state index in [1.165, 1.54) is 0 Å². The summed E-state index contributed by atoms with van der Waals surface area (Å²) in [5.74, 6) is 0.588. The summed E-state index contributed by atoms with van der Waals surface area (Å²) in [4.78, 5) is 0. The van der Waals surface area contributed by atoms with Gasteiger partial charge in [-0.3, -0.25) is 0 Å². The maximum atomic E-state index is 8.81. The number of hydrogen-bond donors (Lipinski definition) is 2. The zero-order chi connectivity index (χ0) is 6.15. The highest BCUT2D eigenvalue weighted by Crippen LogP contribution is 2.28. The fourth-order valence-corrected chi connectivity index (χ4v) is 1.06. The summed E-state index contributed by atoms with van der Waals surface area (Å²) in [5, 5.41) is 8.81. The van der Waals surface area contributed by atoms with Crippen LogP contribution in [0.4, 0.5) is 0 Å². The molecular weight excluding hydrogens is 102 g/mol. The highest BCUT2D eigenvalue weighted by atomic mass is 16.3. The van der Waals surface area contributed by atoms with Gasteiger partial charge in [-0.25, -0.2) is 0 Å². The van der Waals surface area contributed by atoms with Crippen molar-refractivity contribution in [2.45, 2.75) is 31.9 Å². The summed E-state index contributed by atoms with van der Waals surface area (Å²) in [6.45, 7) is 2.00. The molecule has 2 heteroatoms. The van der Waals surface area contributed by atoms with Crippen LogP contribution in [0.5, 0.6) is 0 Å². The molecule has 0 radical (unpaired) electrons. The van der Waals surface area contributed by atoms with Crippen molar-refractivity contribution in [3.05, 3.63) is 0 Å². The second-order valence-corrected chi connectivity index (χ2v) is 2.74. The Bertz CT molecular complexity index is 76.6. The number of rotatable bonds is 1. The predicted octanol–water partition coefficient (Wildman–Crippen LogP) is 0.104. The number of aliphatic hydroxyl groups is 1. The summed E-state index contributed by atoms with van der Waals surface area (Å²) in [6.07, 6.45) is 1.78. The molecule has 0 aromatic rings. The number of nitrogens with two attached hydrogens (primary N) is 1. The molecule has 0 saturated heterocycles. The summed E-state index contributed by atoms with van der Waals surface area (Å²) in [7, 11) is 0. The first kappa shape index (κ1) is 6.05. The molecule has 1 unspecified atom stereocenters. The molecular formula is C6H13NO. The van der Waals surface area contributed by atoms with E-state index in [0.29, 0.717) is 5.92 Å². The zero-order valence-electron chi connectivity index (χ0n) is 5.17. The van der Waals surface area contributed by atoms with Crippen LogP contribution in [-0.4, -0.2) is 17.3 Å². The third-order valence-electron chi connectivity index (χ3n) is 1.89. The Labute approximate surface area is 49.7 Å². The van der Waals surface area contributed by atoms with E-state index in [9.17, 15) is 0 Å². The van der Waals surface area contributed by atoms with E-state index >= 15 is 0 Å². The lowest BCUT2D eigenvalue weighted by atomic mass is 9.78. The smallest absolute Gasteiger partial charge is 0.0546 e. The summed E-state index contributed by atoms with van der Waals surface area (Å²) >= 11 is 0. The first-order valence-corrected chi connectivity index (χ1v) is 3.14. The van der Waals surface area contributed by atoms with Gasteiger partial charge in [0.1, 0.15) is 0 Å². The van der Waals surface area contributed by atoms with Gasteiger partial charge in [0.15, 0.2) is 0 Å². The van der Waals surface area contributed by atoms with Crippen LogP contribution < -0.4 is 5.73 Å². The van der Waals surface area contributed by atoms with Crippen LogP contribution in [-0.2, 0) is 0 Å². The molecule has 2 nitrogen and oxygen atoms in total. The lowest BCUT2D eigenvalue weighted by molar-refractivity contribution is 0.0337. The minimum absolute atomic E-state index is 0.0500. The van der Waals surface area contributed by atoms with Crippen LogP contribution in [0.2, 0.25) is 0 Å². The van der Waals surface area contributed by atoms with E-state index in [-0.39, 0.29) is 12.1 Å². The van der Waals surface area contributed by atoms with Crippen molar-refractivity contribution in [3.63, 3.8) is 0 Å². The van der Waals surface area contributed by atoms with Crippen molar-refractivity contribution in [3.8, 4) is 0 Å². The van der Waals surface area contributed by atoms with Crippen molar-refractivity contribution in [2.24, 2.45) is 11.7 Å². The molecule has 1 rings (SSSR count). The first-order chi connectivity index (χ1) is 3.70. The summed E-state index contributed by atoms with van der Waals surface area (Å²) in [5.41, 5.74) is 5.55. The van der Waals surface area contributed by atoms with Gasteiger partial charge in [-0.1, -0.05) is 0 Å². The van der Waals surface area contributed by atoms with E-state index in [2.05, 4.69) is 0 Å². The molecule has 0 amide bonds. The molecule has 0 heterocycles. The van der Waals surface area contributed by atoms with Gasteiger partial charge in [-0.15, -0.1) is 0 Å². The SMILES string of the molecule is CC(N)C1CC(O)C1. The van der Waals surface area contributed by atoms with Crippen LogP contribution in [0.15, 0.2) is 0 Å². The largest absolute Gasteiger partial charge is 0.393 e. The summed E-state index contributed by atoms with van der Waals surface area (Å²) < 4.78 is 0. The van der Waals surface area contributed by atoms with Crippen molar-refractivity contribution >= 4 is 0 Å². The average molecular weight is 115 g/mol. The fourth-order valence-electron chi connectivity index (χ4n) is 1.06. The lowest BCUT2D eigenvalue weighted by Gasteiger charge is -2.33. The van der Waals surface area contributed by atoms with Crippen LogP contribution in [0, 0.1) is 5.92 Å². The molecule has 0 aromatic heterocycles. The molecule has 0 aromatic carbocycles. The van der Waals surface area contributed by atoms with E-state index in [1.807, 2.05) is 6.92 Å². The Morgan fingerprint density at radius 1 is 1.62 bits per heavy atom. The van der Waals surface area contributed by atoms with Gasteiger partial charge in [0, 0.05) is 6.04 Å². The van der Waals surface area contributed by atoms with Crippen LogP contribution in [0.3, 0.4) is 0 Å². The van der Waals surface area contributed by atoms with Crippen molar-refractivity contribution < 1.29 is 5.11 Å². The third-order valence-corrected chi connectivity index (χ3v) is 1.89. The fraction of sp³-hybridized carbons (Fsp3) is 1.00. The van der Waals surface area contributed by atoms with Crippen LogP contribution >= 0.6 is 0 Å². The maximum Gasteiger partial charge on any atom is 0.0546 e. The minimum Gasteiger partial charge on any atom is -0.393 e. The van der Waals surface area contributed by atoms with Crippen molar-refractivity contribution in [1.82, 2.24) is 0 Å². The topological polar surface area (TPSA) is 46.2 Å². The highest BCUT2D eigenvalue weighted by Gasteiger charge is 2.29. The predicted molar refractivity (Wildman–Crippen MR) is 32.4 cm³/mol. The molecule has 48 valence electrons. The molecule has 1 aliphatic rings. The lowest BCUT2D eigenvalue weighted by Crippen LogP contribution is -2.39. The Morgan fingerprint density at radius 2 is 2.12 bits per heavy atom. The van der Waals surface area contributed by atoms with Gasteiger partial charge < -0.3 is 10.8 Å². The number of aliphatic hydroxyl groups excluding tert-OH is 1. The van der Waals surface area contributed by atoms with E-state index in [1.54, 1.807) is 0 Å². The standard InChI is InChI=1S/C6H13NO/c1-4(7)5-2-6(8)3-5/h4-6,8H,2-3,7H2,1H3. The Morgan fingerprint density at radius 3 is 2.25 bits per heavy atom. The second-order valence-electron chi connectivity index (χ2n) is 2.74. The highest BCUT2D eigenvalue weighted by molar-refractivity contribution is 4.83. The number of hydrogen-bond acceptors (Lipinski definition) is 2. The molecule has 0 aliphatic heterocycles. The van der Waals surface area contributed by atoms with Crippen molar-refractivity contribution in [2.75, 3.05) is 0 Å². The van der Waals surface area contributed by atoms with Gasteiger partial charge in [0.05, 0.1) is 6.10 Å². The molecule has 8 heavy (non-hydrogen) atoms. The minimum atomic E-state index is -0.0500. The van der Waals surface area contributed by atoms with Crippen LogP contribution in [0.25, 0.3) is 0 Å². The Balaban J connectivity index is 2.15. The average Bonchev–Trinajstić information content (AvgIpc) is 1.57. The molecule has 1 aliphatic carbocycles. The summed E-state index contributed by atoms with van der Waals surface area (Å²) in [6, 6.07) is 0.276. The quantitative estimate of drug-likeness (QED) is 0.509. The van der Waals surface area contributed by atoms with Gasteiger partial charge in [0.25, 0.3) is 0 Å².